The van der Waals surface area contributed by atoms with Gasteiger partial charge in [-0.15, -0.1) is 0 Å². The Kier molecular flexibility index (Phi) is 7.85. The van der Waals surface area contributed by atoms with E-state index in [1.165, 1.54) is 6.34 Å². The van der Waals surface area contributed by atoms with Crippen LogP contribution >= 0.6 is 0 Å². The number of nitrogens with zero attached hydrogens (tertiary/aromatic N) is 2. The second-order valence-electron chi connectivity index (χ2n) is 8.09. The molecule has 0 saturated carbocycles. The number of benzene rings is 3. The van der Waals surface area contributed by atoms with Crippen LogP contribution in [-0.4, -0.2) is 55.4 Å². The number of hydrogen-bond donors (Lipinski definition) is 5. The van der Waals surface area contributed by atoms with Crippen LogP contribution < -0.4 is 27.2 Å². The van der Waals surface area contributed by atoms with Gasteiger partial charge in [0.2, 0.25) is 5.91 Å². The molecule has 0 aliphatic carbocycles. The van der Waals surface area contributed by atoms with Crippen molar-refractivity contribution < 1.29 is 19.1 Å². The molecular formula is C25H27N7O4. The van der Waals surface area contributed by atoms with Crippen LogP contribution in [0.25, 0.3) is 10.8 Å². The van der Waals surface area contributed by atoms with Crippen molar-refractivity contribution in [2.24, 2.45) is 16.5 Å². The second-order valence-corrected chi connectivity index (χ2v) is 8.09. The van der Waals surface area contributed by atoms with E-state index in [1.807, 2.05) is 5.01 Å². The number of primary amides is 1. The second kappa shape index (κ2) is 11.4. The molecular weight excluding hydrogens is 462 g/mol. The van der Waals surface area contributed by atoms with E-state index < -0.39 is 11.9 Å². The lowest BCUT2D eigenvalue weighted by Gasteiger charge is -2.26. The maximum absolute atomic E-state index is 12.8. The highest BCUT2D eigenvalue weighted by atomic mass is 16.5. The van der Waals surface area contributed by atoms with Gasteiger partial charge in [0.15, 0.2) is 0 Å². The highest BCUT2D eigenvalue weighted by Crippen LogP contribution is 2.30. The molecule has 186 valence electrons. The van der Waals surface area contributed by atoms with E-state index in [2.05, 4.69) is 16.0 Å². The number of nitrogens with two attached hydrogens (primary N) is 2. The van der Waals surface area contributed by atoms with Gasteiger partial charge in [0.25, 0.3) is 0 Å². The number of hydrogen-bond acceptors (Lipinski definition) is 8. The predicted octanol–water partition coefficient (Wildman–Crippen LogP) is 1.37. The minimum absolute atomic E-state index is 0.0687. The standard InChI is InChI=1S/C25H27N7O4/c26-23(33)14-21-20-7-3-18(24(27)28)13-17(20)4-8-22(21)36-25(34)16-1-5-19(6-2-16)29-15-30-31-32-9-11-35-12-10-32/h1-8,13,15,31H,9-12,14H2,(H2,26,33)(H3,27,28)(H,29,30). The summed E-state index contributed by atoms with van der Waals surface area (Å²) in [4.78, 5) is 28.8. The molecule has 1 aliphatic heterocycles. The van der Waals surface area contributed by atoms with E-state index in [0.29, 0.717) is 41.0 Å². The van der Waals surface area contributed by atoms with Crippen LogP contribution in [0, 0.1) is 5.41 Å². The lowest BCUT2D eigenvalue weighted by molar-refractivity contribution is -0.117. The molecule has 0 spiro atoms. The molecule has 3 aromatic carbocycles. The van der Waals surface area contributed by atoms with E-state index in [0.717, 1.165) is 18.5 Å². The van der Waals surface area contributed by atoms with E-state index in [1.54, 1.807) is 54.6 Å². The number of aliphatic imine (C=N–C) groups is 1. The van der Waals surface area contributed by atoms with Gasteiger partial charge in [-0.1, -0.05) is 18.2 Å². The largest absolute Gasteiger partial charge is 0.423 e. The number of nitrogens with one attached hydrogen (secondary N) is 3. The third-order valence-electron chi connectivity index (χ3n) is 5.57. The summed E-state index contributed by atoms with van der Waals surface area (Å²) in [5.41, 5.74) is 19.0. The summed E-state index contributed by atoms with van der Waals surface area (Å²) >= 11 is 0. The summed E-state index contributed by atoms with van der Waals surface area (Å²) < 4.78 is 10.9. The molecule has 1 saturated heterocycles. The van der Waals surface area contributed by atoms with Crippen molar-refractivity contribution in [2.75, 3.05) is 26.3 Å². The van der Waals surface area contributed by atoms with Crippen LogP contribution in [0.15, 0.2) is 59.6 Å². The molecule has 0 atom stereocenters. The molecule has 11 nitrogen and oxygen atoms in total. The third kappa shape index (κ3) is 6.21. The Hall–Kier alpha value is -4.32. The van der Waals surface area contributed by atoms with Crippen molar-refractivity contribution in [2.45, 2.75) is 6.42 Å². The summed E-state index contributed by atoms with van der Waals surface area (Å²) in [5.74, 6) is -0.972. The number of morpholine rings is 1. The van der Waals surface area contributed by atoms with Gasteiger partial charge in [0, 0.05) is 24.2 Å². The predicted molar refractivity (Wildman–Crippen MR) is 136 cm³/mol. The summed E-state index contributed by atoms with van der Waals surface area (Å²) in [6, 6.07) is 15.1. The van der Waals surface area contributed by atoms with Gasteiger partial charge in [-0.25, -0.2) is 14.8 Å². The van der Waals surface area contributed by atoms with Crippen molar-refractivity contribution in [1.82, 2.24) is 16.0 Å². The quantitative estimate of drug-likeness (QED) is 0.0987. The number of rotatable bonds is 9. The number of amides is 1. The van der Waals surface area contributed by atoms with Crippen LogP contribution in [0.1, 0.15) is 21.5 Å². The van der Waals surface area contributed by atoms with Crippen LogP contribution in [0.4, 0.5) is 5.69 Å². The fraction of sp³-hybridized carbons (Fsp3) is 0.200. The molecule has 0 bridgehead atoms. The van der Waals surface area contributed by atoms with Gasteiger partial charge in [0.05, 0.1) is 30.9 Å². The number of carbonyl (C=O) groups is 2. The zero-order chi connectivity index (χ0) is 25.5. The lowest BCUT2D eigenvalue weighted by Crippen LogP contribution is -2.51. The number of hydrazine groups is 2. The molecule has 3 aromatic rings. The molecule has 1 amide bonds. The molecule has 1 aliphatic rings. The Morgan fingerprint density at radius 2 is 1.78 bits per heavy atom. The lowest BCUT2D eigenvalue weighted by atomic mass is 9.98. The SMILES string of the molecule is N=C(N)c1ccc2c(CC(N)=O)c(OC(=O)c3ccc(N=CNNN4CCOCC4)cc3)ccc2c1. The third-order valence-corrected chi connectivity index (χ3v) is 5.57. The van der Waals surface area contributed by atoms with Crippen molar-refractivity contribution in [3.63, 3.8) is 0 Å². The van der Waals surface area contributed by atoms with Crippen molar-refractivity contribution in [3.8, 4) is 5.75 Å². The Balaban J connectivity index is 1.45. The number of nitrogen functional groups attached to an aromatic ring is 1. The van der Waals surface area contributed by atoms with E-state index >= 15 is 0 Å². The van der Waals surface area contributed by atoms with Crippen molar-refractivity contribution >= 4 is 40.5 Å². The molecule has 11 heteroatoms. The average Bonchev–Trinajstić information content (AvgIpc) is 2.88. The van der Waals surface area contributed by atoms with Crippen molar-refractivity contribution in [3.05, 3.63) is 71.3 Å². The first-order valence-corrected chi connectivity index (χ1v) is 11.3. The van der Waals surface area contributed by atoms with E-state index in [-0.39, 0.29) is 18.0 Å². The molecule has 4 rings (SSSR count). The Morgan fingerprint density at radius 1 is 1.06 bits per heavy atom. The minimum Gasteiger partial charge on any atom is -0.423 e. The van der Waals surface area contributed by atoms with E-state index in [9.17, 15) is 9.59 Å². The zero-order valence-electron chi connectivity index (χ0n) is 19.5. The van der Waals surface area contributed by atoms with Crippen LogP contribution in [0.3, 0.4) is 0 Å². The molecule has 1 heterocycles. The highest BCUT2D eigenvalue weighted by molar-refractivity contribution is 6.01. The fourth-order valence-electron chi connectivity index (χ4n) is 3.74. The zero-order valence-corrected chi connectivity index (χ0v) is 19.5. The minimum atomic E-state index is -0.580. The average molecular weight is 490 g/mol. The maximum atomic E-state index is 12.8. The van der Waals surface area contributed by atoms with E-state index in [4.69, 9.17) is 26.4 Å². The van der Waals surface area contributed by atoms with Gasteiger partial charge in [0.1, 0.15) is 17.9 Å². The number of carbonyl (C=O) groups excluding carboxylic acids is 2. The molecule has 7 N–H and O–H groups in total. The van der Waals surface area contributed by atoms with Gasteiger partial charge in [-0.2, -0.15) is 5.53 Å². The Bertz CT molecular complexity index is 1300. The first-order valence-electron chi connectivity index (χ1n) is 11.3. The number of amidine groups is 1. The normalized spacial score (nSPS) is 14.1. The Labute approximate surface area is 207 Å². The Morgan fingerprint density at radius 3 is 2.47 bits per heavy atom. The molecule has 0 radical (unpaired) electrons. The van der Waals surface area contributed by atoms with Crippen molar-refractivity contribution in [1.29, 1.82) is 5.41 Å². The number of fused-ring (bicyclic) bond motifs is 1. The summed E-state index contributed by atoms with van der Waals surface area (Å²) in [5, 5.41) is 11.0. The summed E-state index contributed by atoms with van der Waals surface area (Å²) in [6.07, 6.45) is 1.41. The first kappa shape index (κ1) is 24.8. The van der Waals surface area contributed by atoms with Gasteiger partial charge in [-0.05, 0) is 47.2 Å². The molecule has 1 fully saturated rings. The van der Waals surface area contributed by atoms with Crippen LogP contribution in [0.2, 0.25) is 0 Å². The smallest absolute Gasteiger partial charge is 0.343 e. The number of esters is 1. The maximum Gasteiger partial charge on any atom is 0.343 e. The molecule has 0 aromatic heterocycles. The van der Waals surface area contributed by atoms with Gasteiger partial charge >= 0.3 is 5.97 Å². The fourth-order valence-corrected chi connectivity index (χ4v) is 3.74. The van der Waals surface area contributed by atoms with Gasteiger partial charge < -0.3 is 20.9 Å². The first-order chi connectivity index (χ1) is 17.4. The highest BCUT2D eigenvalue weighted by Gasteiger charge is 2.16. The number of ether oxygens (including phenoxy) is 2. The van der Waals surface area contributed by atoms with Gasteiger partial charge in [-0.3, -0.25) is 15.6 Å². The summed E-state index contributed by atoms with van der Waals surface area (Å²) in [6.45, 7) is 2.89. The van der Waals surface area contributed by atoms with Crippen LogP contribution in [-0.2, 0) is 16.0 Å². The van der Waals surface area contributed by atoms with Crippen LogP contribution in [0.5, 0.6) is 5.75 Å². The molecule has 0 unspecified atom stereocenters. The molecule has 36 heavy (non-hydrogen) atoms. The summed E-state index contributed by atoms with van der Waals surface area (Å²) in [7, 11) is 0. The monoisotopic (exact) mass is 489 g/mol. The topological polar surface area (TPSA) is 168 Å².